The number of aliphatic hydroxyl groups excluding tert-OH is 1. The summed E-state index contributed by atoms with van der Waals surface area (Å²) in [6, 6.07) is 3.24. The molecule has 0 saturated carbocycles. The molecule has 4 nitrogen and oxygen atoms in total. The molecule has 0 fully saturated rings. The zero-order chi connectivity index (χ0) is 13.3. The number of hydrogen-bond donors (Lipinski definition) is 2. The van der Waals surface area contributed by atoms with Crippen molar-refractivity contribution in [1.82, 2.24) is 9.78 Å². The number of anilines is 1. The van der Waals surface area contributed by atoms with Gasteiger partial charge >= 0.3 is 0 Å². The number of nitrogens with zero attached hydrogens (tertiary/aromatic N) is 2. The van der Waals surface area contributed by atoms with Crippen molar-refractivity contribution in [3.63, 3.8) is 0 Å². The van der Waals surface area contributed by atoms with Crippen molar-refractivity contribution in [2.75, 3.05) is 5.73 Å². The molecule has 2 rings (SSSR count). The Morgan fingerprint density at radius 1 is 1.44 bits per heavy atom. The zero-order valence-electron chi connectivity index (χ0n) is 9.77. The van der Waals surface area contributed by atoms with Crippen molar-refractivity contribution < 1.29 is 13.9 Å². The Kier molecular flexibility index (Phi) is 3.29. The van der Waals surface area contributed by atoms with Crippen molar-refractivity contribution in [1.29, 1.82) is 0 Å². The lowest BCUT2D eigenvalue weighted by Crippen LogP contribution is -2.07. The van der Waals surface area contributed by atoms with Crippen molar-refractivity contribution >= 4 is 5.82 Å². The van der Waals surface area contributed by atoms with Crippen LogP contribution in [0, 0.1) is 11.6 Å². The Labute approximate surface area is 103 Å². The Morgan fingerprint density at radius 3 is 2.72 bits per heavy atom. The van der Waals surface area contributed by atoms with Gasteiger partial charge in [0.2, 0.25) is 0 Å². The molecule has 2 aromatic rings. The Morgan fingerprint density at radius 2 is 2.17 bits per heavy atom. The van der Waals surface area contributed by atoms with E-state index in [0.29, 0.717) is 11.4 Å². The van der Waals surface area contributed by atoms with E-state index in [1.54, 1.807) is 7.05 Å². The molecule has 1 aromatic heterocycles. The van der Waals surface area contributed by atoms with Crippen LogP contribution in [0.2, 0.25) is 0 Å². The minimum absolute atomic E-state index is 0.0159. The summed E-state index contributed by atoms with van der Waals surface area (Å²) in [6.45, 7) is 0. The summed E-state index contributed by atoms with van der Waals surface area (Å²) in [5.74, 6) is -1.01. The number of hydrogen-bond acceptors (Lipinski definition) is 3. The highest BCUT2D eigenvalue weighted by Gasteiger charge is 2.17. The molecule has 1 unspecified atom stereocenters. The molecular weight excluding hydrogens is 240 g/mol. The first-order valence-corrected chi connectivity index (χ1v) is 5.38. The third-order valence-corrected chi connectivity index (χ3v) is 2.80. The van der Waals surface area contributed by atoms with E-state index in [-0.39, 0.29) is 12.0 Å². The minimum atomic E-state index is -0.973. The number of nitrogen functional groups attached to an aromatic ring is 1. The molecule has 3 N–H and O–H groups in total. The summed E-state index contributed by atoms with van der Waals surface area (Å²) in [4.78, 5) is 0. The van der Waals surface area contributed by atoms with Gasteiger partial charge in [0, 0.05) is 25.1 Å². The quantitative estimate of drug-likeness (QED) is 0.872. The van der Waals surface area contributed by atoms with Gasteiger partial charge in [-0.15, -0.1) is 0 Å². The van der Waals surface area contributed by atoms with Gasteiger partial charge in [0.15, 0.2) is 0 Å². The highest BCUT2D eigenvalue weighted by molar-refractivity contribution is 5.40. The summed E-state index contributed by atoms with van der Waals surface area (Å²) in [6.07, 6.45) is 0.474. The lowest BCUT2D eigenvalue weighted by molar-refractivity contribution is 0.178. The van der Waals surface area contributed by atoms with E-state index < -0.39 is 17.7 Å². The predicted octanol–water partition coefficient (Wildman–Crippen LogP) is 1.56. The summed E-state index contributed by atoms with van der Waals surface area (Å²) < 4.78 is 27.6. The molecule has 0 amide bonds. The Balaban J connectivity index is 2.21. The molecule has 0 aliphatic rings. The average molecular weight is 253 g/mol. The number of aryl methyl sites for hydroxylation is 1. The van der Waals surface area contributed by atoms with Crippen LogP contribution in [0.3, 0.4) is 0 Å². The van der Waals surface area contributed by atoms with Gasteiger partial charge in [-0.25, -0.2) is 8.78 Å². The van der Waals surface area contributed by atoms with E-state index in [0.717, 1.165) is 12.1 Å². The van der Waals surface area contributed by atoms with Crippen molar-refractivity contribution in [2.24, 2.45) is 7.05 Å². The van der Waals surface area contributed by atoms with Crippen molar-refractivity contribution in [3.05, 3.63) is 47.2 Å². The molecule has 1 atom stereocenters. The molecule has 1 aromatic carbocycles. The number of rotatable bonds is 3. The summed E-state index contributed by atoms with van der Waals surface area (Å²) in [7, 11) is 1.64. The highest BCUT2D eigenvalue weighted by atomic mass is 19.1. The second-order valence-electron chi connectivity index (χ2n) is 4.06. The third kappa shape index (κ3) is 2.33. The molecule has 0 aliphatic carbocycles. The maximum Gasteiger partial charge on any atom is 0.129 e. The third-order valence-electron chi connectivity index (χ3n) is 2.80. The number of benzene rings is 1. The zero-order valence-corrected chi connectivity index (χ0v) is 9.77. The van der Waals surface area contributed by atoms with Gasteiger partial charge in [-0.1, -0.05) is 6.07 Å². The van der Waals surface area contributed by atoms with E-state index >= 15 is 0 Å². The molecule has 0 saturated heterocycles. The van der Waals surface area contributed by atoms with E-state index in [2.05, 4.69) is 5.10 Å². The first-order valence-electron chi connectivity index (χ1n) is 5.38. The van der Waals surface area contributed by atoms with Crippen LogP contribution in [0.25, 0.3) is 0 Å². The van der Waals surface area contributed by atoms with Crippen LogP contribution >= 0.6 is 0 Å². The van der Waals surface area contributed by atoms with Crippen molar-refractivity contribution in [2.45, 2.75) is 12.5 Å². The summed E-state index contributed by atoms with van der Waals surface area (Å²) in [5, 5.41) is 13.9. The number of aliphatic hydroxyl groups is 1. The van der Waals surface area contributed by atoms with Crippen molar-refractivity contribution in [3.8, 4) is 0 Å². The van der Waals surface area contributed by atoms with Gasteiger partial charge in [-0.05, 0) is 11.6 Å². The second kappa shape index (κ2) is 4.73. The van der Waals surface area contributed by atoms with Gasteiger partial charge in [-0.2, -0.15) is 5.10 Å². The smallest absolute Gasteiger partial charge is 0.129 e. The lowest BCUT2D eigenvalue weighted by atomic mass is 10.0. The molecule has 0 spiro atoms. The van der Waals surface area contributed by atoms with Gasteiger partial charge in [0.1, 0.15) is 17.5 Å². The molecule has 0 aliphatic heterocycles. The molecule has 96 valence electrons. The molecular formula is C12H13F2N3O. The fourth-order valence-electron chi connectivity index (χ4n) is 1.73. The first-order chi connectivity index (χ1) is 8.49. The lowest BCUT2D eigenvalue weighted by Gasteiger charge is -2.10. The normalized spacial score (nSPS) is 12.7. The molecule has 18 heavy (non-hydrogen) atoms. The Bertz CT molecular complexity index is 568. The van der Waals surface area contributed by atoms with Crippen LogP contribution in [-0.4, -0.2) is 14.9 Å². The molecule has 6 heteroatoms. The predicted molar refractivity (Wildman–Crippen MR) is 62.6 cm³/mol. The van der Waals surface area contributed by atoms with Gasteiger partial charge < -0.3 is 10.8 Å². The van der Waals surface area contributed by atoms with Crippen LogP contribution in [0.5, 0.6) is 0 Å². The highest BCUT2D eigenvalue weighted by Crippen LogP contribution is 2.24. The second-order valence-corrected chi connectivity index (χ2v) is 4.06. The van der Waals surface area contributed by atoms with Crippen LogP contribution in [0.1, 0.15) is 17.2 Å². The van der Waals surface area contributed by atoms with Crippen LogP contribution in [0.15, 0.2) is 24.4 Å². The van der Waals surface area contributed by atoms with Crippen LogP contribution in [-0.2, 0) is 13.5 Å². The van der Waals surface area contributed by atoms with Crippen LogP contribution < -0.4 is 5.73 Å². The van der Waals surface area contributed by atoms with E-state index in [4.69, 9.17) is 5.73 Å². The monoisotopic (exact) mass is 253 g/mol. The molecule has 0 radical (unpaired) electrons. The SMILES string of the molecule is Cn1ncc(C(O)Cc2ccc(F)cc2F)c1N. The summed E-state index contributed by atoms with van der Waals surface area (Å²) in [5.41, 5.74) is 6.37. The maximum absolute atomic E-state index is 13.4. The number of aromatic nitrogens is 2. The summed E-state index contributed by atoms with van der Waals surface area (Å²) >= 11 is 0. The minimum Gasteiger partial charge on any atom is -0.388 e. The standard InChI is InChI=1S/C12H13F2N3O/c1-17-12(15)9(6-16-17)11(18)4-7-2-3-8(13)5-10(7)14/h2-3,5-6,11,18H,4,15H2,1H3. The molecule has 0 bridgehead atoms. The fraction of sp³-hybridized carbons (Fsp3) is 0.250. The molecule has 1 heterocycles. The number of halogens is 2. The van der Waals surface area contributed by atoms with E-state index in [9.17, 15) is 13.9 Å². The topological polar surface area (TPSA) is 64.1 Å². The van der Waals surface area contributed by atoms with E-state index in [1.807, 2.05) is 0 Å². The van der Waals surface area contributed by atoms with Crippen LogP contribution in [0.4, 0.5) is 14.6 Å². The fourth-order valence-corrected chi connectivity index (χ4v) is 1.73. The van der Waals surface area contributed by atoms with Gasteiger partial charge in [0.05, 0.1) is 12.3 Å². The Hall–Kier alpha value is -1.95. The van der Waals surface area contributed by atoms with Gasteiger partial charge in [-0.3, -0.25) is 4.68 Å². The first kappa shape index (κ1) is 12.5. The number of nitrogens with two attached hydrogens (primary N) is 1. The largest absolute Gasteiger partial charge is 0.388 e. The maximum atomic E-state index is 13.4. The van der Waals surface area contributed by atoms with E-state index in [1.165, 1.54) is 16.9 Å². The van der Waals surface area contributed by atoms with Gasteiger partial charge in [0.25, 0.3) is 0 Å². The average Bonchev–Trinajstić information content (AvgIpc) is 2.64.